The molecule has 1 aliphatic heterocycles. The number of aryl methyl sites for hydroxylation is 1. The van der Waals surface area contributed by atoms with Gasteiger partial charge >= 0.3 is 6.09 Å². The molecule has 0 radical (unpaired) electrons. The number of carbonyl (C=O) groups is 2. The van der Waals surface area contributed by atoms with E-state index < -0.39 is 5.60 Å². The molecule has 0 aliphatic carbocycles. The Labute approximate surface area is 216 Å². The van der Waals surface area contributed by atoms with Crippen LogP contribution < -0.4 is 15.0 Å². The molecule has 3 heterocycles. The van der Waals surface area contributed by atoms with E-state index in [0.29, 0.717) is 42.6 Å². The predicted octanol–water partition coefficient (Wildman–Crippen LogP) is 3.85. The molecule has 2 amide bonds. The minimum Gasteiger partial charge on any atom is -0.493 e. The number of fused-ring (bicyclic) bond motifs is 1. The fourth-order valence-electron chi connectivity index (χ4n) is 4.55. The standard InChI is InChI=1S/C26H35N7O4/c1-8-36-21-10-20-18(15-31(7)30-20)9-19(21)24(34)29-22-11-28-23(12-27-22)32-13-16(2)33(17(3)14-32)25(35)37-26(4,5)6/h9-12,15-17H,8,13-14H2,1-7H3,(H,27,29,34)/t16-,17+. The highest BCUT2D eigenvalue weighted by atomic mass is 16.6. The third-order valence-electron chi connectivity index (χ3n) is 5.99. The summed E-state index contributed by atoms with van der Waals surface area (Å²) >= 11 is 0. The highest BCUT2D eigenvalue weighted by Crippen LogP contribution is 2.27. The maximum absolute atomic E-state index is 13.1. The number of hydrogen-bond donors (Lipinski definition) is 1. The smallest absolute Gasteiger partial charge is 0.410 e. The molecule has 37 heavy (non-hydrogen) atoms. The molecule has 11 nitrogen and oxygen atoms in total. The van der Waals surface area contributed by atoms with Crippen LogP contribution in [0.5, 0.6) is 5.75 Å². The van der Waals surface area contributed by atoms with Gasteiger partial charge in [0.1, 0.15) is 17.2 Å². The van der Waals surface area contributed by atoms with E-state index in [4.69, 9.17) is 9.47 Å². The van der Waals surface area contributed by atoms with E-state index in [9.17, 15) is 9.59 Å². The van der Waals surface area contributed by atoms with Crippen LogP contribution in [0.25, 0.3) is 10.9 Å². The number of aromatic nitrogens is 4. The van der Waals surface area contributed by atoms with Crippen LogP contribution in [0.4, 0.5) is 16.4 Å². The van der Waals surface area contributed by atoms with Gasteiger partial charge in [-0.3, -0.25) is 14.4 Å². The molecule has 1 aliphatic rings. The summed E-state index contributed by atoms with van der Waals surface area (Å²) in [5, 5.41) is 8.04. The lowest BCUT2D eigenvalue weighted by Crippen LogP contribution is -2.59. The summed E-state index contributed by atoms with van der Waals surface area (Å²) in [7, 11) is 1.83. The second kappa shape index (κ2) is 10.2. The van der Waals surface area contributed by atoms with Gasteiger partial charge in [0.05, 0.1) is 42.2 Å². The summed E-state index contributed by atoms with van der Waals surface area (Å²) in [6, 6.07) is 3.39. The molecule has 0 bridgehead atoms. The van der Waals surface area contributed by atoms with Gasteiger partial charge in [-0.1, -0.05) is 0 Å². The first kappa shape index (κ1) is 26.2. The van der Waals surface area contributed by atoms with Crippen LogP contribution in [0, 0.1) is 0 Å². The Balaban J connectivity index is 1.45. The minimum atomic E-state index is -0.549. The van der Waals surface area contributed by atoms with Crippen LogP contribution >= 0.6 is 0 Å². The van der Waals surface area contributed by atoms with Crippen LogP contribution in [-0.2, 0) is 11.8 Å². The molecule has 0 saturated carbocycles. The van der Waals surface area contributed by atoms with Gasteiger partial charge in [-0.2, -0.15) is 5.10 Å². The van der Waals surface area contributed by atoms with Crippen molar-refractivity contribution < 1.29 is 19.1 Å². The average molecular weight is 510 g/mol. The summed E-state index contributed by atoms with van der Waals surface area (Å²) in [5.41, 5.74) is 0.600. The third-order valence-corrected chi connectivity index (χ3v) is 5.99. The molecule has 11 heteroatoms. The van der Waals surface area contributed by atoms with Crippen molar-refractivity contribution in [1.29, 1.82) is 0 Å². The quantitative estimate of drug-likeness (QED) is 0.552. The molecule has 1 N–H and O–H groups in total. The van der Waals surface area contributed by atoms with Crippen molar-refractivity contribution in [2.45, 2.75) is 59.2 Å². The van der Waals surface area contributed by atoms with Gasteiger partial charge in [0.25, 0.3) is 5.91 Å². The second-order valence-electron chi connectivity index (χ2n) is 10.3. The first-order chi connectivity index (χ1) is 17.4. The number of nitrogens with zero attached hydrogens (tertiary/aromatic N) is 6. The van der Waals surface area contributed by atoms with Crippen molar-refractivity contribution in [1.82, 2.24) is 24.6 Å². The number of carbonyl (C=O) groups excluding carboxylic acids is 2. The van der Waals surface area contributed by atoms with Crippen LogP contribution in [0.1, 0.15) is 51.9 Å². The molecule has 2 atom stereocenters. The van der Waals surface area contributed by atoms with Crippen LogP contribution in [-0.4, -0.2) is 74.0 Å². The molecule has 1 fully saturated rings. The second-order valence-corrected chi connectivity index (χ2v) is 10.3. The molecule has 0 spiro atoms. The van der Waals surface area contributed by atoms with Crippen molar-refractivity contribution in [3.05, 3.63) is 36.3 Å². The number of piperazine rings is 1. The number of hydrogen-bond acceptors (Lipinski definition) is 8. The highest BCUT2D eigenvalue weighted by Gasteiger charge is 2.36. The number of benzene rings is 1. The van der Waals surface area contributed by atoms with Crippen molar-refractivity contribution in [2.24, 2.45) is 7.05 Å². The Morgan fingerprint density at radius 3 is 2.41 bits per heavy atom. The lowest BCUT2D eigenvalue weighted by molar-refractivity contribution is 0.00559. The van der Waals surface area contributed by atoms with E-state index in [1.54, 1.807) is 27.9 Å². The van der Waals surface area contributed by atoms with Gasteiger partial charge in [-0.25, -0.2) is 14.8 Å². The maximum atomic E-state index is 13.1. The average Bonchev–Trinajstić information content (AvgIpc) is 3.16. The van der Waals surface area contributed by atoms with Gasteiger partial charge in [-0.15, -0.1) is 0 Å². The zero-order valence-corrected chi connectivity index (χ0v) is 22.5. The minimum absolute atomic E-state index is 0.0702. The number of ether oxygens (including phenoxy) is 2. The lowest BCUT2D eigenvalue weighted by Gasteiger charge is -2.44. The number of amides is 2. The van der Waals surface area contributed by atoms with Crippen molar-refractivity contribution in [3.63, 3.8) is 0 Å². The Bertz CT molecular complexity index is 1270. The first-order valence-corrected chi connectivity index (χ1v) is 12.4. The SMILES string of the molecule is CCOc1cc2nn(C)cc2cc1C(=O)Nc1cnc(N2C[C@@H](C)N(C(=O)OC(C)(C)C)[C@@H](C)C2)cn1. The Kier molecular flexibility index (Phi) is 7.24. The van der Waals surface area contributed by atoms with Gasteiger partial charge < -0.3 is 19.7 Å². The van der Waals surface area contributed by atoms with Gasteiger partial charge in [-0.05, 0) is 47.6 Å². The van der Waals surface area contributed by atoms with E-state index >= 15 is 0 Å². The summed E-state index contributed by atoms with van der Waals surface area (Å²) in [6.07, 6.45) is 4.70. The van der Waals surface area contributed by atoms with E-state index in [-0.39, 0.29) is 24.1 Å². The van der Waals surface area contributed by atoms with Crippen molar-refractivity contribution in [3.8, 4) is 5.75 Å². The molecule has 1 saturated heterocycles. The summed E-state index contributed by atoms with van der Waals surface area (Å²) in [4.78, 5) is 38.6. The maximum Gasteiger partial charge on any atom is 0.410 e. The van der Waals surface area contributed by atoms with E-state index in [2.05, 4.69) is 25.3 Å². The highest BCUT2D eigenvalue weighted by molar-refractivity contribution is 6.08. The number of anilines is 2. The van der Waals surface area contributed by atoms with Crippen LogP contribution in [0.2, 0.25) is 0 Å². The topological polar surface area (TPSA) is 115 Å². The zero-order chi connectivity index (χ0) is 26.9. The Morgan fingerprint density at radius 2 is 1.81 bits per heavy atom. The monoisotopic (exact) mass is 509 g/mol. The number of nitrogens with one attached hydrogen (secondary N) is 1. The fourth-order valence-corrected chi connectivity index (χ4v) is 4.55. The molecule has 4 rings (SSSR count). The Morgan fingerprint density at radius 1 is 1.11 bits per heavy atom. The van der Waals surface area contributed by atoms with Crippen LogP contribution in [0.3, 0.4) is 0 Å². The van der Waals surface area contributed by atoms with E-state index in [1.807, 2.05) is 54.8 Å². The number of rotatable bonds is 5. The van der Waals surface area contributed by atoms with Crippen molar-refractivity contribution >= 4 is 34.5 Å². The van der Waals surface area contributed by atoms with E-state index in [1.165, 1.54) is 6.20 Å². The summed E-state index contributed by atoms with van der Waals surface area (Å²) in [5.74, 6) is 1.12. The third kappa shape index (κ3) is 5.92. The van der Waals surface area contributed by atoms with Gasteiger partial charge in [0, 0.05) is 37.8 Å². The van der Waals surface area contributed by atoms with Crippen LogP contribution in [0.15, 0.2) is 30.7 Å². The predicted molar refractivity (Wildman–Crippen MR) is 141 cm³/mol. The molecule has 2 aromatic heterocycles. The zero-order valence-electron chi connectivity index (χ0n) is 22.5. The molecule has 0 unspecified atom stereocenters. The molecule has 1 aromatic carbocycles. The normalized spacial score (nSPS) is 18.1. The molecular formula is C26H35N7O4. The van der Waals surface area contributed by atoms with Gasteiger partial charge in [0.2, 0.25) is 0 Å². The fraction of sp³-hybridized carbons (Fsp3) is 0.500. The summed E-state index contributed by atoms with van der Waals surface area (Å²) < 4.78 is 13.0. The summed E-state index contributed by atoms with van der Waals surface area (Å²) in [6.45, 7) is 13.0. The lowest BCUT2D eigenvalue weighted by atomic mass is 10.1. The Hall–Kier alpha value is -3.89. The van der Waals surface area contributed by atoms with Crippen molar-refractivity contribution in [2.75, 3.05) is 29.9 Å². The molecule has 3 aromatic rings. The first-order valence-electron chi connectivity index (χ1n) is 12.4. The van der Waals surface area contributed by atoms with E-state index in [0.717, 1.165) is 10.9 Å². The molecule has 198 valence electrons. The largest absolute Gasteiger partial charge is 0.493 e. The van der Waals surface area contributed by atoms with Gasteiger partial charge in [0.15, 0.2) is 5.82 Å². The molecular weight excluding hydrogens is 474 g/mol.